The SMILES string of the molecule is Cc1ccc(O)c(C2NC(=O)c3c(sc4c3CCC(C)C4)N2)c1. The molecule has 1 amide bonds. The largest absolute Gasteiger partial charge is 0.508 e. The molecule has 2 atom stereocenters. The van der Waals surface area contributed by atoms with E-state index in [-0.39, 0.29) is 17.8 Å². The standard InChI is InChI=1S/C18H20N2O2S/c1-9-4-6-13(21)12(7-9)16-19-17(22)15-11-5-3-10(2)8-14(11)23-18(15)20-16/h4,6-7,10,16,20-21H,3,5,8H2,1-2H3,(H,19,22). The van der Waals surface area contributed by atoms with Crippen LogP contribution in [0.25, 0.3) is 0 Å². The van der Waals surface area contributed by atoms with Crippen molar-refractivity contribution in [3.8, 4) is 5.75 Å². The third-order valence-corrected chi connectivity index (χ3v) is 5.97. The monoisotopic (exact) mass is 328 g/mol. The summed E-state index contributed by atoms with van der Waals surface area (Å²) in [6.45, 7) is 4.24. The number of phenols is 1. The van der Waals surface area contributed by atoms with E-state index in [0.29, 0.717) is 11.5 Å². The Labute approximate surface area is 139 Å². The van der Waals surface area contributed by atoms with Gasteiger partial charge in [-0.05, 0) is 49.8 Å². The van der Waals surface area contributed by atoms with E-state index >= 15 is 0 Å². The van der Waals surface area contributed by atoms with Crippen molar-refractivity contribution in [2.75, 3.05) is 5.32 Å². The Morgan fingerprint density at radius 3 is 2.96 bits per heavy atom. The molecule has 0 bridgehead atoms. The molecule has 2 heterocycles. The van der Waals surface area contributed by atoms with E-state index in [1.807, 2.05) is 19.1 Å². The van der Waals surface area contributed by atoms with Gasteiger partial charge in [-0.3, -0.25) is 4.79 Å². The molecular formula is C18H20N2O2S. The van der Waals surface area contributed by atoms with E-state index in [1.165, 1.54) is 10.4 Å². The van der Waals surface area contributed by atoms with Crippen LogP contribution in [0.15, 0.2) is 18.2 Å². The third kappa shape index (κ3) is 2.39. The van der Waals surface area contributed by atoms with Crippen LogP contribution in [0.5, 0.6) is 5.75 Å². The van der Waals surface area contributed by atoms with E-state index < -0.39 is 0 Å². The molecule has 4 rings (SSSR count). The number of aromatic hydroxyl groups is 1. The Balaban J connectivity index is 1.73. The Morgan fingerprint density at radius 1 is 1.30 bits per heavy atom. The number of nitrogens with one attached hydrogen (secondary N) is 2. The van der Waals surface area contributed by atoms with Gasteiger partial charge in [0.05, 0.1) is 5.56 Å². The van der Waals surface area contributed by atoms with Crippen molar-refractivity contribution >= 4 is 22.2 Å². The van der Waals surface area contributed by atoms with E-state index in [9.17, 15) is 9.90 Å². The molecule has 0 radical (unpaired) electrons. The molecule has 4 nitrogen and oxygen atoms in total. The van der Waals surface area contributed by atoms with Gasteiger partial charge in [0, 0.05) is 10.4 Å². The first kappa shape index (κ1) is 14.6. The summed E-state index contributed by atoms with van der Waals surface area (Å²) in [6.07, 6.45) is 2.80. The number of hydrogen-bond donors (Lipinski definition) is 3. The maximum absolute atomic E-state index is 12.7. The average molecular weight is 328 g/mol. The normalized spacial score (nSPS) is 22.8. The second-order valence-electron chi connectivity index (χ2n) is 6.67. The first-order valence-electron chi connectivity index (χ1n) is 8.04. The van der Waals surface area contributed by atoms with Gasteiger partial charge in [0.2, 0.25) is 0 Å². The number of fused-ring (bicyclic) bond motifs is 3. The molecule has 23 heavy (non-hydrogen) atoms. The first-order chi connectivity index (χ1) is 11.0. The molecule has 1 aliphatic carbocycles. The molecule has 0 saturated carbocycles. The predicted octanol–water partition coefficient (Wildman–Crippen LogP) is 3.74. The molecule has 120 valence electrons. The van der Waals surface area contributed by atoms with Crippen molar-refractivity contribution in [2.45, 2.75) is 39.3 Å². The minimum absolute atomic E-state index is 0.0308. The molecule has 3 N–H and O–H groups in total. The van der Waals surface area contributed by atoms with Crippen LogP contribution in [0.2, 0.25) is 0 Å². The van der Waals surface area contributed by atoms with Crippen LogP contribution in [0.3, 0.4) is 0 Å². The number of rotatable bonds is 1. The quantitative estimate of drug-likeness (QED) is 0.747. The highest BCUT2D eigenvalue weighted by Crippen LogP contribution is 2.43. The van der Waals surface area contributed by atoms with Crippen molar-refractivity contribution in [1.82, 2.24) is 5.32 Å². The van der Waals surface area contributed by atoms with Gasteiger partial charge >= 0.3 is 0 Å². The van der Waals surface area contributed by atoms with Crippen molar-refractivity contribution < 1.29 is 9.90 Å². The minimum atomic E-state index is -0.382. The molecule has 0 saturated heterocycles. The lowest BCUT2D eigenvalue weighted by Crippen LogP contribution is -2.38. The highest BCUT2D eigenvalue weighted by atomic mass is 32.1. The van der Waals surface area contributed by atoms with Crippen LogP contribution >= 0.6 is 11.3 Å². The van der Waals surface area contributed by atoms with Gasteiger partial charge in [-0.1, -0.05) is 18.6 Å². The second kappa shape index (κ2) is 5.27. The zero-order valence-corrected chi connectivity index (χ0v) is 14.1. The van der Waals surface area contributed by atoms with Gasteiger partial charge in [0.15, 0.2) is 0 Å². The maximum atomic E-state index is 12.7. The molecule has 5 heteroatoms. The van der Waals surface area contributed by atoms with Crippen molar-refractivity contribution in [1.29, 1.82) is 0 Å². The summed E-state index contributed by atoms with van der Waals surface area (Å²) in [6, 6.07) is 5.45. The second-order valence-corrected chi connectivity index (χ2v) is 7.77. The lowest BCUT2D eigenvalue weighted by atomic mass is 9.88. The van der Waals surface area contributed by atoms with Gasteiger partial charge < -0.3 is 15.7 Å². The number of carbonyl (C=O) groups excluding carboxylic acids is 1. The molecule has 1 aromatic carbocycles. The Hall–Kier alpha value is -2.01. The summed E-state index contributed by atoms with van der Waals surface area (Å²) >= 11 is 1.70. The molecule has 1 aliphatic heterocycles. The van der Waals surface area contributed by atoms with E-state index in [0.717, 1.165) is 35.4 Å². The highest BCUT2D eigenvalue weighted by Gasteiger charge is 2.33. The van der Waals surface area contributed by atoms with Gasteiger partial charge in [-0.2, -0.15) is 0 Å². The van der Waals surface area contributed by atoms with Crippen LogP contribution in [0, 0.1) is 12.8 Å². The fraction of sp³-hybridized carbons (Fsp3) is 0.389. The average Bonchev–Trinajstić information content (AvgIpc) is 2.87. The molecule has 2 aliphatic rings. The van der Waals surface area contributed by atoms with Crippen LogP contribution in [-0.4, -0.2) is 11.0 Å². The third-order valence-electron chi connectivity index (χ3n) is 4.78. The Kier molecular flexibility index (Phi) is 3.34. The number of anilines is 1. The molecule has 0 fully saturated rings. The summed E-state index contributed by atoms with van der Waals surface area (Å²) in [5.74, 6) is 0.853. The number of amides is 1. The summed E-state index contributed by atoms with van der Waals surface area (Å²) in [5, 5.41) is 17.5. The van der Waals surface area contributed by atoms with Gasteiger partial charge in [0.1, 0.15) is 16.9 Å². The molecule has 0 spiro atoms. The number of thiophene rings is 1. The number of phenolic OH excluding ortho intramolecular Hbond substituents is 1. The van der Waals surface area contributed by atoms with Crippen LogP contribution in [0.1, 0.15) is 51.4 Å². The van der Waals surface area contributed by atoms with Crippen molar-refractivity contribution in [3.63, 3.8) is 0 Å². The molecule has 2 aromatic rings. The number of benzene rings is 1. The van der Waals surface area contributed by atoms with Crippen molar-refractivity contribution in [3.05, 3.63) is 45.3 Å². The highest BCUT2D eigenvalue weighted by molar-refractivity contribution is 7.16. The Bertz CT molecular complexity index is 797. The lowest BCUT2D eigenvalue weighted by Gasteiger charge is -2.27. The zero-order valence-electron chi connectivity index (χ0n) is 13.3. The molecule has 1 aromatic heterocycles. The minimum Gasteiger partial charge on any atom is -0.508 e. The topological polar surface area (TPSA) is 61.4 Å². The number of aryl methyl sites for hydroxylation is 1. The summed E-state index contributed by atoms with van der Waals surface area (Å²) in [4.78, 5) is 14.0. The summed E-state index contributed by atoms with van der Waals surface area (Å²) in [7, 11) is 0. The lowest BCUT2D eigenvalue weighted by molar-refractivity contribution is 0.0935. The van der Waals surface area contributed by atoms with E-state index in [4.69, 9.17) is 0 Å². The maximum Gasteiger partial charge on any atom is 0.256 e. The van der Waals surface area contributed by atoms with E-state index in [1.54, 1.807) is 17.4 Å². The van der Waals surface area contributed by atoms with E-state index in [2.05, 4.69) is 17.6 Å². The fourth-order valence-corrected chi connectivity index (χ4v) is 4.96. The molecule has 2 unspecified atom stereocenters. The number of hydrogen-bond acceptors (Lipinski definition) is 4. The van der Waals surface area contributed by atoms with Crippen molar-refractivity contribution in [2.24, 2.45) is 5.92 Å². The van der Waals surface area contributed by atoms with Crippen LogP contribution in [0.4, 0.5) is 5.00 Å². The van der Waals surface area contributed by atoms with Gasteiger partial charge in [-0.25, -0.2) is 0 Å². The zero-order chi connectivity index (χ0) is 16.1. The first-order valence-corrected chi connectivity index (χ1v) is 8.86. The van der Waals surface area contributed by atoms with Gasteiger partial charge in [0.25, 0.3) is 5.91 Å². The summed E-state index contributed by atoms with van der Waals surface area (Å²) < 4.78 is 0. The van der Waals surface area contributed by atoms with Crippen LogP contribution < -0.4 is 10.6 Å². The Morgan fingerprint density at radius 2 is 2.13 bits per heavy atom. The fourth-order valence-electron chi connectivity index (χ4n) is 3.52. The number of carbonyl (C=O) groups is 1. The molecular weight excluding hydrogens is 308 g/mol. The van der Waals surface area contributed by atoms with Gasteiger partial charge in [-0.15, -0.1) is 11.3 Å². The van der Waals surface area contributed by atoms with Crippen LogP contribution in [-0.2, 0) is 12.8 Å². The summed E-state index contributed by atoms with van der Waals surface area (Å²) in [5.41, 5.74) is 3.81. The smallest absolute Gasteiger partial charge is 0.256 e. The predicted molar refractivity (Wildman–Crippen MR) is 92.2 cm³/mol.